The Kier molecular flexibility index (Phi) is 3.41. The first kappa shape index (κ1) is 14.1. The molecule has 5 heteroatoms. The average Bonchev–Trinajstić information content (AvgIpc) is 3.19. The van der Waals surface area contributed by atoms with Crippen LogP contribution in [0.5, 0.6) is 0 Å². The maximum absolute atomic E-state index is 12.6. The average molecular weight is 308 g/mol. The fourth-order valence-corrected chi connectivity index (χ4v) is 3.17. The molecule has 1 aromatic carbocycles. The summed E-state index contributed by atoms with van der Waals surface area (Å²) in [6, 6.07) is 8.62. The zero-order valence-electron chi connectivity index (χ0n) is 13.2. The molecule has 0 radical (unpaired) electrons. The second-order valence-corrected chi connectivity index (χ2v) is 6.08. The number of rotatable bonds is 5. The number of carbonyl (C=O) groups is 1. The third-order valence-corrected chi connectivity index (χ3v) is 4.51. The van der Waals surface area contributed by atoms with Gasteiger partial charge < -0.3 is 14.9 Å². The Balaban J connectivity index is 1.56. The number of nitrogens with one attached hydrogen (secondary N) is 2. The van der Waals surface area contributed by atoms with Gasteiger partial charge in [0, 0.05) is 23.1 Å². The molecule has 1 saturated carbocycles. The van der Waals surface area contributed by atoms with Gasteiger partial charge in [0.25, 0.3) is 5.91 Å². The molecule has 1 aliphatic carbocycles. The lowest BCUT2D eigenvalue weighted by Gasteiger charge is -2.08. The predicted octanol–water partition coefficient (Wildman–Crippen LogP) is 3.19. The van der Waals surface area contributed by atoms with E-state index in [0.717, 1.165) is 28.6 Å². The highest BCUT2D eigenvalue weighted by molar-refractivity contribution is 6.01. The minimum atomic E-state index is -0.0541. The van der Waals surface area contributed by atoms with Crippen molar-refractivity contribution in [3.8, 4) is 0 Å². The van der Waals surface area contributed by atoms with E-state index in [-0.39, 0.29) is 5.91 Å². The molecule has 4 rings (SSSR count). The minimum Gasteiger partial charge on any atom is -0.350 e. The fraction of sp³-hybridized carbons (Fsp3) is 0.333. The molecule has 2 heterocycles. The van der Waals surface area contributed by atoms with Crippen molar-refractivity contribution in [1.29, 1.82) is 0 Å². The summed E-state index contributed by atoms with van der Waals surface area (Å²) in [4.78, 5) is 20.1. The lowest BCUT2D eigenvalue weighted by atomic mass is 10.1. The van der Waals surface area contributed by atoms with Gasteiger partial charge in [0.2, 0.25) is 0 Å². The highest BCUT2D eigenvalue weighted by Gasteiger charge is 2.25. The van der Waals surface area contributed by atoms with Crippen molar-refractivity contribution in [2.45, 2.75) is 38.8 Å². The molecule has 23 heavy (non-hydrogen) atoms. The maximum Gasteiger partial charge on any atom is 0.268 e. The maximum atomic E-state index is 12.6. The summed E-state index contributed by atoms with van der Waals surface area (Å²) in [5.41, 5.74) is 3.83. The van der Waals surface area contributed by atoms with E-state index in [0.29, 0.717) is 18.3 Å². The standard InChI is InChI=1S/C18H20N4O/c1-2-14-15-5-3-4-6-16(15)21-17(14)18(23)20-10-13-9-19-11-22(13)12-7-8-12/h3-6,9,11-12,21H,2,7-8,10H2,1H3,(H,20,23). The number of fused-ring (bicyclic) bond motifs is 1. The molecule has 3 aromatic rings. The molecular weight excluding hydrogens is 288 g/mol. The molecule has 0 aliphatic heterocycles. The van der Waals surface area contributed by atoms with Gasteiger partial charge in [0.05, 0.1) is 18.6 Å². The van der Waals surface area contributed by atoms with E-state index >= 15 is 0 Å². The van der Waals surface area contributed by atoms with Crippen LogP contribution in [0.2, 0.25) is 0 Å². The molecule has 1 amide bonds. The smallest absolute Gasteiger partial charge is 0.268 e. The molecule has 118 valence electrons. The number of aromatic nitrogens is 3. The van der Waals surface area contributed by atoms with E-state index in [1.807, 2.05) is 30.7 Å². The first-order valence-corrected chi connectivity index (χ1v) is 8.16. The third kappa shape index (κ3) is 2.52. The van der Waals surface area contributed by atoms with E-state index in [1.54, 1.807) is 0 Å². The molecule has 1 fully saturated rings. The SMILES string of the molecule is CCc1c(C(=O)NCc2cncn2C2CC2)[nH]c2ccccc12. The summed E-state index contributed by atoms with van der Waals surface area (Å²) in [5, 5.41) is 4.16. The van der Waals surface area contributed by atoms with Crippen LogP contribution in [0.4, 0.5) is 0 Å². The lowest BCUT2D eigenvalue weighted by Crippen LogP contribution is -2.25. The van der Waals surface area contributed by atoms with Crippen LogP contribution < -0.4 is 5.32 Å². The van der Waals surface area contributed by atoms with Crippen LogP contribution in [0.3, 0.4) is 0 Å². The number of amides is 1. The Morgan fingerprint density at radius 3 is 3.00 bits per heavy atom. The zero-order valence-corrected chi connectivity index (χ0v) is 13.2. The first-order chi connectivity index (χ1) is 11.3. The van der Waals surface area contributed by atoms with Crippen molar-refractivity contribution < 1.29 is 4.79 Å². The molecule has 1 aliphatic rings. The lowest BCUT2D eigenvalue weighted by molar-refractivity contribution is 0.0945. The van der Waals surface area contributed by atoms with Crippen LogP contribution in [0.15, 0.2) is 36.8 Å². The number of aryl methyl sites for hydroxylation is 1. The van der Waals surface area contributed by atoms with Crippen LogP contribution >= 0.6 is 0 Å². The van der Waals surface area contributed by atoms with E-state index in [4.69, 9.17) is 0 Å². The van der Waals surface area contributed by atoms with E-state index in [1.165, 1.54) is 12.8 Å². The molecule has 0 unspecified atom stereocenters. The first-order valence-electron chi connectivity index (χ1n) is 8.16. The van der Waals surface area contributed by atoms with Crippen molar-refractivity contribution in [1.82, 2.24) is 19.9 Å². The topological polar surface area (TPSA) is 62.7 Å². The molecule has 0 spiro atoms. The molecule has 0 bridgehead atoms. The van der Waals surface area contributed by atoms with Crippen molar-refractivity contribution in [2.24, 2.45) is 0 Å². The number of benzene rings is 1. The molecule has 0 saturated heterocycles. The highest BCUT2D eigenvalue weighted by Crippen LogP contribution is 2.35. The van der Waals surface area contributed by atoms with Crippen molar-refractivity contribution in [3.63, 3.8) is 0 Å². The van der Waals surface area contributed by atoms with Gasteiger partial charge in [-0.3, -0.25) is 4.79 Å². The summed E-state index contributed by atoms with van der Waals surface area (Å²) < 4.78 is 2.17. The number of imidazole rings is 1. The molecule has 0 atom stereocenters. The summed E-state index contributed by atoms with van der Waals surface area (Å²) in [6.45, 7) is 2.59. The van der Waals surface area contributed by atoms with Crippen LogP contribution in [-0.4, -0.2) is 20.4 Å². The monoisotopic (exact) mass is 308 g/mol. The van der Waals surface area contributed by atoms with Gasteiger partial charge in [-0.05, 0) is 30.9 Å². The second kappa shape index (κ2) is 5.57. The van der Waals surface area contributed by atoms with Crippen LogP contribution in [0.25, 0.3) is 10.9 Å². The Morgan fingerprint density at radius 2 is 2.22 bits per heavy atom. The number of hydrogen-bond acceptors (Lipinski definition) is 2. The second-order valence-electron chi connectivity index (χ2n) is 6.08. The number of carbonyl (C=O) groups excluding carboxylic acids is 1. The Bertz CT molecular complexity index is 857. The van der Waals surface area contributed by atoms with Crippen molar-refractivity contribution in [3.05, 3.63) is 53.7 Å². The molecule has 2 N–H and O–H groups in total. The summed E-state index contributed by atoms with van der Waals surface area (Å²) in [7, 11) is 0. The van der Waals surface area contributed by atoms with Gasteiger partial charge in [-0.15, -0.1) is 0 Å². The number of nitrogens with zero attached hydrogens (tertiary/aromatic N) is 2. The Labute approximate surface area is 134 Å². The highest BCUT2D eigenvalue weighted by atomic mass is 16.1. The third-order valence-electron chi connectivity index (χ3n) is 4.51. The van der Waals surface area contributed by atoms with E-state index < -0.39 is 0 Å². The molecular formula is C18H20N4O. The zero-order chi connectivity index (χ0) is 15.8. The number of hydrogen-bond donors (Lipinski definition) is 2. The number of para-hydroxylation sites is 1. The summed E-state index contributed by atoms with van der Waals surface area (Å²) in [5.74, 6) is -0.0541. The Morgan fingerprint density at radius 1 is 1.39 bits per heavy atom. The quantitative estimate of drug-likeness (QED) is 0.760. The largest absolute Gasteiger partial charge is 0.350 e. The summed E-state index contributed by atoms with van der Waals surface area (Å²) >= 11 is 0. The predicted molar refractivity (Wildman–Crippen MR) is 89.3 cm³/mol. The number of H-pyrrole nitrogens is 1. The fourth-order valence-electron chi connectivity index (χ4n) is 3.17. The van der Waals surface area contributed by atoms with Crippen molar-refractivity contribution in [2.75, 3.05) is 0 Å². The summed E-state index contributed by atoms with van der Waals surface area (Å²) in [6.07, 6.45) is 6.94. The van der Waals surface area contributed by atoms with Crippen LogP contribution in [-0.2, 0) is 13.0 Å². The van der Waals surface area contributed by atoms with Crippen LogP contribution in [0.1, 0.15) is 47.6 Å². The van der Waals surface area contributed by atoms with Gasteiger partial charge >= 0.3 is 0 Å². The van der Waals surface area contributed by atoms with E-state index in [9.17, 15) is 4.79 Å². The van der Waals surface area contributed by atoms with Gasteiger partial charge in [0.15, 0.2) is 0 Å². The molecule has 2 aromatic heterocycles. The van der Waals surface area contributed by atoms with Crippen LogP contribution in [0, 0.1) is 0 Å². The number of aromatic amines is 1. The Hall–Kier alpha value is -2.56. The van der Waals surface area contributed by atoms with Crippen molar-refractivity contribution >= 4 is 16.8 Å². The normalized spacial score (nSPS) is 14.3. The van der Waals surface area contributed by atoms with Gasteiger partial charge in [0.1, 0.15) is 5.69 Å². The minimum absolute atomic E-state index is 0.0541. The van der Waals surface area contributed by atoms with Gasteiger partial charge in [-0.2, -0.15) is 0 Å². The van der Waals surface area contributed by atoms with Gasteiger partial charge in [-0.1, -0.05) is 25.1 Å². The molecule has 5 nitrogen and oxygen atoms in total. The van der Waals surface area contributed by atoms with Gasteiger partial charge in [-0.25, -0.2) is 4.98 Å². The van der Waals surface area contributed by atoms with E-state index in [2.05, 4.69) is 32.8 Å².